The van der Waals surface area contributed by atoms with Crippen LogP contribution in [0.15, 0.2) is 0 Å². The van der Waals surface area contributed by atoms with E-state index in [1.165, 1.54) is 4.31 Å². The lowest BCUT2D eigenvalue weighted by molar-refractivity contribution is -0.179. The fourth-order valence-corrected chi connectivity index (χ4v) is 4.02. The summed E-state index contributed by atoms with van der Waals surface area (Å²) in [6.07, 6.45) is 1.38. The first-order chi connectivity index (χ1) is 8.54. The second-order valence-electron chi connectivity index (χ2n) is 4.58. The molecule has 18 heavy (non-hydrogen) atoms. The van der Waals surface area contributed by atoms with E-state index in [9.17, 15) is 8.42 Å². The van der Waals surface area contributed by atoms with Crippen molar-refractivity contribution >= 4 is 10.0 Å². The molecule has 2 fully saturated rings. The molecule has 2 saturated heterocycles. The Hall–Kier alpha value is -0.680. The highest BCUT2D eigenvalue weighted by Crippen LogP contribution is 2.32. The van der Waals surface area contributed by atoms with E-state index < -0.39 is 21.1 Å². The Labute approximate surface area is 108 Å². The maximum absolute atomic E-state index is 12.2. The molecule has 6 nitrogen and oxygen atoms in total. The molecule has 0 saturated carbocycles. The lowest BCUT2D eigenvalue weighted by atomic mass is 10.1. The van der Waals surface area contributed by atoms with E-state index in [-0.39, 0.29) is 0 Å². The molecule has 0 aromatic rings. The van der Waals surface area contributed by atoms with E-state index in [1.54, 1.807) is 6.92 Å². The van der Waals surface area contributed by atoms with Crippen molar-refractivity contribution in [3.8, 4) is 6.07 Å². The zero-order valence-corrected chi connectivity index (χ0v) is 11.3. The third-order valence-corrected chi connectivity index (χ3v) is 5.77. The topological polar surface area (TPSA) is 79.6 Å². The maximum atomic E-state index is 12.2. The van der Waals surface area contributed by atoms with Gasteiger partial charge in [-0.15, -0.1) is 0 Å². The van der Waals surface area contributed by atoms with E-state index >= 15 is 0 Å². The molecule has 102 valence electrons. The molecule has 0 bridgehead atoms. The van der Waals surface area contributed by atoms with Crippen molar-refractivity contribution in [3.63, 3.8) is 0 Å². The van der Waals surface area contributed by atoms with Crippen molar-refractivity contribution in [2.24, 2.45) is 0 Å². The molecule has 0 aliphatic carbocycles. The zero-order chi connectivity index (χ0) is 13.2. The summed E-state index contributed by atoms with van der Waals surface area (Å²) in [7, 11) is -3.51. The highest BCUT2D eigenvalue weighted by Gasteiger charge is 2.43. The fraction of sp³-hybridized carbons (Fsp3) is 0.909. The van der Waals surface area contributed by atoms with Crippen molar-refractivity contribution < 1.29 is 17.9 Å². The van der Waals surface area contributed by atoms with Crippen LogP contribution in [0.2, 0.25) is 0 Å². The number of piperidine rings is 1. The zero-order valence-electron chi connectivity index (χ0n) is 10.5. The minimum Gasteiger partial charge on any atom is -0.347 e. The lowest BCUT2D eigenvalue weighted by Crippen LogP contribution is -2.49. The summed E-state index contributed by atoms with van der Waals surface area (Å²) in [6.45, 7) is 3.58. The van der Waals surface area contributed by atoms with Crippen molar-refractivity contribution in [2.75, 3.05) is 26.3 Å². The van der Waals surface area contributed by atoms with E-state index in [1.807, 2.05) is 6.07 Å². The standard InChI is InChI=1S/C11H18N2O4S/c1-2-10(9-12)18(14,15)13-5-3-11(4-6-13)16-7-8-17-11/h10H,2-8H2,1H3. The molecule has 0 radical (unpaired) electrons. The van der Waals surface area contributed by atoms with Gasteiger partial charge in [0.1, 0.15) is 0 Å². The van der Waals surface area contributed by atoms with Gasteiger partial charge < -0.3 is 9.47 Å². The third-order valence-electron chi connectivity index (χ3n) is 3.53. The quantitative estimate of drug-likeness (QED) is 0.747. The minimum absolute atomic E-state index is 0.313. The molecule has 1 atom stereocenters. The normalized spacial score (nSPS) is 26.0. The molecular weight excluding hydrogens is 256 g/mol. The minimum atomic E-state index is -3.51. The average molecular weight is 274 g/mol. The number of hydrogen-bond acceptors (Lipinski definition) is 5. The summed E-state index contributed by atoms with van der Waals surface area (Å²) in [5.74, 6) is -0.583. The molecule has 2 aliphatic rings. The fourth-order valence-electron chi connectivity index (χ4n) is 2.42. The van der Waals surface area contributed by atoms with Gasteiger partial charge in [0.2, 0.25) is 10.0 Å². The van der Waals surface area contributed by atoms with E-state index in [2.05, 4.69) is 0 Å². The predicted molar refractivity (Wildman–Crippen MR) is 64.1 cm³/mol. The Morgan fingerprint density at radius 2 is 1.89 bits per heavy atom. The SMILES string of the molecule is CCC(C#N)S(=O)(=O)N1CCC2(CC1)OCCO2. The Kier molecular flexibility index (Phi) is 3.92. The van der Waals surface area contributed by atoms with Gasteiger partial charge in [-0.1, -0.05) is 6.92 Å². The summed E-state index contributed by atoms with van der Waals surface area (Å²) in [5.41, 5.74) is 0. The van der Waals surface area contributed by atoms with Gasteiger partial charge in [-0.05, 0) is 6.42 Å². The van der Waals surface area contributed by atoms with E-state index in [4.69, 9.17) is 14.7 Å². The molecule has 1 spiro atoms. The highest BCUT2D eigenvalue weighted by molar-refractivity contribution is 7.90. The van der Waals surface area contributed by atoms with Crippen molar-refractivity contribution in [2.45, 2.75) is 37.2 Å². The van der Waals surface area contributed by atoms with Crippen molar-refractivity contribution in [3.05, 3.63) is 0 Å². The summed E-state index contributed by atoms with van der Waals surface area (Å²) < 4.78 is 36.8. The lowest BCUT2D eigenvalue weighted by Gasteiger charge is -2.37. The van der Waals surface area contributed by atoms with Gasteiger partial charge in [-0.2, -0.15) is 5.26 Å². The van der Waals surface area contributed by atoms with Crippen LogP contribution in [0.1, 0.15) is 26.2 Å². The molecule has 2 aliphatic heterocycles. The number of nitriles is 1. The summed E-state index contributed by atoms with van der Waals surface area (Å²) in [5, 5.41) is 7.94. The molecule has 1 unspecified atom stereocenters. The van der Waals surface area contributed by atoms with Crippen LogP contribution in [0.4, 0.5) is 0 Å². The number of nitrogens with zero attached hydrogens (tertiary/aromatic N) is 2. The maximum Gasteiger partial charge on any atom is 0.230 e. The van der Waals surface area contributed by atoms with Crippen LogP contribution in [0.25, 0.3) is 0 Å². The van der Waals surface area contributed by atoms with E-state index in [0.717, 1.165) is 0 Å². The molecular formula is C11H18N2O4S. The van der Waals surface area contributed by atoms with Crippen molar-refractivity contribution in [1.29, 1.82) is 5.26 Å². The molecule has 0 N–H and O–H groups in total. The Morgan fingerprint density at radius 3 is 2.33 bits per heavy atom. The second kappa shape index (κ2) is 5.13. The number of ether oxygens (including phenoxy) is 2. The average Bonchev–Trinajstić information content (AvgIpc) is 2.79. The summed E-state index contributed by atoms with van der Waals surface area (Å²) >= 11 is 0. The molecule has 7 heteroatoms. The van der Waals surface area contributed by atoms with Gasteiger partial charge in [-0.3, -0.25) is 0 Å². The van der Waals surface area contributed by atoms with Gasteiger partial charge >= 0.3 is 0 Å². The summed E-state index contributed by atoms with van der Waals surface area (Å²) in [6, 6.07) is 1.86. The Morgan fingerprint density at radius 1 is 1.33 bits per heavy atom. The van der Waals surface area contributed by atoms with Gasteiger partial charge in [-0.25, -0.2) is 12.7 Å². The van der Waals surface area contributed by atoms with E-state index in [0.29, 0.717) is 45.6 Å². The molecule has 0 aromatic heterocycles. The Balaban J connectivity index is 2.03. The van der Waals surface area contributed by atoms with Crippen LogP contribution < -0.4 is 0 Å². The molecule has 0 aromatic carbocycles. The highest BCUT2D eigenvalue weighted by atomic mass is 32.2. The van der Waals surface area contributed by atoms with Crippen LogP contribution >= 0.6 is 0 Å². The van der Waals surface area contributed by atoms with Gasteiger partial charge in [0, 0.05) is 25.9 Å². The third kappa shape index (κ3) is 2.38. The molecule has 0 amide bonds. The largest absolute Gasteiger partial charge is 0.347 e. The van der Waals surface area contributed by atoms with Gasteiger partial charge in [0.25, 0.3) is 0 Å². The van der Waals surface area contributed by atoms with Gasteiger partial charge in [0.15, 0.2) is 11.0 Å². The van der Waals surface area contributed by atoms with Crippen molar-refractivity contribution in [1.82, 2.24) is 4.31 Å². The van der Waals surface area contributed by atoms with Crippen LogP contribution in [-0.2, 0) is 19.5 Å². The van der Waals surface area contributed by atoms with Crippen LogP contribution in [0.3, 0.4) is 0 Å². The first kappa shape index (κ1) is 13.7. The van der Waals surface area contributed by atoms with Crippen LogP contribution in [-0.4, -0.2) is 50.1 Å². The number of sulfonamides is 1. The monoisotopic (exact) mass is 274 g/mol. The predicted octanol–water partition coefficient (Wildman–Crippen LogP) is 0.457. The van der Waals surface area contributed by atoms with Crippen LogP contribution in [0, 0.1) is 11.3 Å². The number of rotatable bonds is 3. The number of hydrogen-bond donors (Lipinski definition) is 0. The summed E-state index contributed by atoms with van der Waals surface area (Å²) in [4.78, 5) is 0. The van der Waals surface area contributed by atoms with Gasteiger partial charge in [0.05, 0.1) is 19.3 Å². The Bertz CT molecular complexity index is 426. The molecule has 2 heterocycles. The first-order valence-corrected chi connectivity index (χ1v) is 7.71. The van der Waals surface area contributed by atoms with Crippen LogP contribution in [0.5, 0.6) is 0 Å². The smallest absolute Gasteiger partial charge is 0.230 e. The molecule has 2 rings (SSSR count). The second-order valence-corrected chi connectivity index (χ2v) is 6.69. The first-order valence-electron chi connectivity index (χ1n) is 6.20.